The van der Waals surface area contributed by atoms with Gasteiger partial charge in [-0.05, 0) is 5.56 Å². The van der Waals surface area contributed by atoms with Crippen LogP contribution in [-0.2, 0) is 20.1 Å². The molecule has 0 aliphatic heterocycles. The first-order valence-corrected chi connectivity index (χ1v) is 5.56. The van der Waals surface area contributed by atoms with Crippen molar-refractivity contribution in [3.8, 4) is 0 Å². The van der Waals surface area contributed by atoms with Crippen LogP contribution in [0.15, 0.2) is 36.5 Å². The van der Waals surface area contributed by atoms with Gasteiger partial charge in [0.2, 0.25) is 0 Å². The van der Waals surface area contributed by atoms with Crippen LogP contribution in [0.3, 0.4) is 0 Å². The first kappa shape index (κ1) is 11.2. The van der Waals surface area contributed by atoms with Crippen molar-refractivity contribution in [1.82, 2.24) is 15.1 Å². The molecule has 4 heteroatoms. The Morgan fingerprint density at radius 3 is 2.62 bits per heavy atom. The third-order valence-corrected chi connectivity index (χ3v) is 2.91. The van der Waals surface area contributed by atoms with Crippen molar-refractivity contribution >= 4 is 11.6 Å². The number of rotatable bonds is 4. The van der Waals surface area contributed by atoms with E-state index < -0.39 is 0 Å². The number of nitrogens with zero attached hydrogens (tertiary/aromatic N) is 2. The van der Waals surface area contributed by atoms with Gasteiger partial charge in [-0.3, -0.25) is 4.68 Å². The Labute approximate surface area is 100 Å². The van der Waals surface area contributed by atoms with Crippen molar-refractivity contribution in [2.75, 3.05) is 0 Å². The Kier molecular flexibility index (Phi) is 3.59. The molecule has 1 aromatic heterocycles. The van der Waals surface area contributed by atoms with Gasteiger partial charge in [0, 0.05) is 25.7 Å². The highest BCUT2D eigenvalue weighted by Crippen LogP contribution is 2.13. The first-order valence-electron chi connectivity index (χ1n) is 5.18. The smallest absolute Gasteiger partial charge is 0.131 e. The predicted octanol–water partition coefficient (Wildman–Crippen LogP) is 2.36. The molecule has 0 aliphatic rings. The molecule has 0 unspecified atom stereocenters. The van der Waals surface area contributed by atoms with Gasteiger partial charge < -0.3 is 5.32 Å². The summed E-state index contributed by atoms with van der Waals surface area (Å²) in [5.74, 6) is 0. The van der Waals surface area contributed by atoms with Gasteiger partial charge in [-0.25, -0.2) is 0 Å². The molecule has 2 aromatic rings. The van der Waals surface area contributed by atoms with Gasteiger partial charge in [-0.1, -0.05) is 41.9 Å². The molecule has 0 bridgehead atoms. The first-order chi connectivity index (χ1) is 7.77. The van der Waals surface area contributed by atoms with Crippen molar-refractivity contribution < 1.29 is 0 Å². The van der Waals surface area contributed by atoms with E-state index in [1.165, 1.54) is 5.56 Å². The maximum atomic E-state index is 6.05. The number of hydrogen-bond donors (Lipinski definition) is 1. The van der Waals surface area contributed by atoms with Crippen LogP contribution in [0.25, 0.3) is 0 Å². The molecule has 0 atom stereocenters. The average Bonchev–Trinajstić information content (AvgIpc) is 2.62. The van der Waals surface area contributed by atoms with Crippen molar-refractivity contribution in [2.45, 2.75) is 13.1 Å². The molecular weight excluding hydrogens is 222 g/mol. The molecule has 1 N–H and O–H groups in total. The number of aryl methyl sites for hydroxylation is 1. The van der Waals surface area contributed by atoms with Crippen LogP contribution in [0.1, 0.15) is 11.1 Å². The molecular formula is C12H14ClN3. The lowest BCUT2D eigenvalue weighted by atomic mass is 10.2. The van der Waals surface area contributed by atoms with Gasteiger partial charge >= 0.3 is 0 Å². The van der Waals surface area contributed by atoms with Crippen LogP contribution in [0.4, 0.5) is 0 Å². The summed E-state index contributed by atoms with van der Waals surface area (Å²) in [6, 6.07) is 10.3. The largest absolute Gasteiger partial charge is 0.308 e. The summed E-state index contributed by atoms with van der Waals surface area (Å²) in [6.45, 7) is 1.58. The molecule has 1 aromatic carbocycles. The minimum atomic E-state index is 0.695. The Balaban J connectivity index is 1.87. The SMILES string of the molecule is Cn1ncc(CNCc2ccccc2)c1Cl. The van der Waals surface area contributed by atoms with Gasteiger partial charge in [0.05, 0.1) is 6.20 Å². The topological polar surface area (TPSA) is 29.9 Å². The lowest BCUT2D eigenvalue weighted by Crippen LogP contribution is -2.12. The van der Waals surface area contributed by atoms with Crippen molar-refractivity contribution in [3.05, 3.63) is 52.8 Å². The Hall–Kier alpha value is -1.32. The van der Waals surface area contributed by atoms with Crippen LogP contribution < -0.4 is 5.32 Å². The molecule has 0 radical (unpaired) electrons. The normalized spacial score (nSPS) is 10.6. The molecule has 2 rings (SSSR count). The molecule has 0 saturated heterocycles. The van der Waals surface area contributed by atoms with E-state index >= 15 is 0 Å². The molecule has 84 valence electrons. The summed E-state index contributed by atoms with van der Waals surface area (Å²) in [5.41, 5.74) is 2.29. The molecule has 3 nitrogen and oxygen atoms in total. The van der Waals surface area contributed by atoms with Gasteiger partial charge in [0.1, 0.15) is 5.15 Å². The van der Waals surface area contributed by atoms with Crippen LogP contribution in [0.5, 0.6) is 0 Å². The third kappa shape index (κ3) is 2.62. The van der Waals surface area contributed by atoms with Crippen LogP contribution in [0.2, 0.25) is 5.15 Å². The molecule has 1 heterocycles. The molecule has 0 fully saturated rings. The Morgan fingerprint density at radius 2 is 2.00 bits per heavy atom. The number of hydrogen-bond acceptors (Lipinski definition) is 2. The zero-order valence-electron chi connectivity index (χ0n) is 9.15. The second-order valence-electron chi connectivity index (χ2n) is 3.67. The van der Waals surface area contributed by atoms with Crippen LogP contribution >= 0.6 is 11.6 Å². The minimum Gasteiger partial charge on any atom is -0.308 e. The lowest BCUT2D eigenvalue weighted by Gasteiger charge is -2.03. The van der Waals surface area contributed by atoms with E-state index in [1.807, 2.05) is 25.2 Å². The van der Waals surface area contributed by atoms with E-state index in [4.69, 9.17) is 11.6 Å². The molecule has 0 aliphatic carbocycles. The fraction of sp³-hybridized carbons (Fsp3) is 0.250. The number of aromatic nitrogens is 2. The van der Waals surface area contributed by atoms with E-state index in [1.54, 1.807) is 10.9 Å². The third-order valence-electron chi connectivity index (χ3n) is 2.42. The highest BCUT2D eigenvalue weighted by Gasteiger charge is 2.04. The summed E-state index contributed by atoms with van der Waals surface area (Å²) < 4.78 is 1.67. The lowest BCUT2D eigenvalue weighted by molar-refractivity contribution is 0.692. The molecule has 0 spiro atoms. The highest BCUT2D eigenvalue weighted by atomic mass is 35.5. The number of halogens is 1. The molecule has 16 heavy (non-hydrogen) atoms. The predicted molar refractivity (Wildman–Crippen MR) is 65.2 cm³/mol. The number of nitrogens with one attached hydrogen (secondary N) is 1. The second-order valence-corrected chi connectivity index (χ2v) is 4.03. The summed E-state index contributed by atoms with van der Waals surface area (Å²) in [5, 5.41) is 8.12. The summed E-state index contributed by atoms with van der Waals surface area (Å²) in [7, 11) is 1.84. The van der Waals surface area contributed by atoms with E-state index in [2.05, 4.69) is 22.5 Å². The van der Waals surface area contributed by atoms with E-state index in [0.29, 0.717) is 5.15 Å². The average molecular weight is 236 g/mol. The van der Waals surface area contributed by atoms with Gasteiger partial charge in [-0.2, -0.15) is 5.10 Å². The summed E-state index contributed by atoms with van der Waals surface area (Å²) >= 11 is 6.05. The van der Waals surface area contributed by atoms with Crippen LogP contribution in [0, 0.1) is 0 Å². The number of benzene rings is 1. The van der Waals surface area contributed by atoms with E-state index in [9.17, 15) is 0 Å². The maximum Gasteiger partial charge on any atom is 0.131 e. The van der Waals surface area contributed by atoms with E-state index in [-0.39, 0.29) is 0 Å². The quantitative estimate of drug-likeness (QED) is 0.882. The molecule has 0 amide bonds. The Morgan fingerprint density at radius 1 is 1.25 bits per heavy atom. The van der Waals surface area contributed by atoms with E-state index in [0.717, 1.165) is 18.7 Å². The van der Waals surface area contributed by atoms with Gasteiger partial charge in [-0.15, -0.1) is 0 Å². The van der Waals surface area contributed by atoms with Crippen LogP contribution in [-0.4, -0.2) is 9.78 Å². The van der Waals surface area contributed by atoms with Crippen molar-refractivity contribution in [2.24, 2.45) is 7.05 Å². The zero-order valence-corrected chi connectivity index (χ0v) is 9.91. The standard InChI is InChI=1S/C12H14ClN3/c1-16-12(13)11(9-15-16)8-14-7-10-5-3-2-4-6-10/h2-6,9,14H,7-8H2,1H3. The van der Waals surface area contributed by atoms with Crippen molar-refractivity contribution in [1.29, 1.82) is 0 Å². The second kappa shape index (κ2) is 5.14. The van der Waals surface area contributed by atoms with Gasteiger partial charge in [0.25, 0.3) is 0 Å². The molecule has 0 saturated carbocycles. The highest BCUT2D eigenvalue weighted by molar-refractivity contribution is 6.30. The Bertz CT molecular complexity index is 451. The monoisotopic (exact) mass is 235 g/mol. The summed E-state index contributed by atoms with van der Waals surface area (Å²) in [4.78, 5) is 0. The summed E-state index contributed by atoms with van der Waals surface area (Å²) in [6.07, 6.45) is 1.79. The van der Waals surface area contributed by atoms with Crippen molar-refractivity contribution in [3.63, 3.8) is 0 Å². The fourth-order valence-electron chi connectivity index (χ4n) is 1.52. The fourth-order valence-corrected chi connectivity index (χ4v) is 1.68. The zero-order chi connectivity index (χ0) is 11.4. The van der Waals surface area contributed by atoms with Gasteiger partial charge in [0.15, 0.2) is 0 Å². The minimum absolute atomic E-state index is 0.695. The maximum absolute atomic E-state index is 6.05.